The van der Waals surface area contributed by atoms with E-state index >= 15 is 0 Å². The summed E-state index contributed by atoms with van der Waals surface area (Å²) >= 11 is 8.91. The van der Waals surface area contributed by atoms with Gasteiger partial charge in [0.2, 0.25) is 0 Å². The molecule has 1 aliphatic heterocycles. The van der Waals surface area contributed by atoms with Gasteiger partial charge < -0.3 is 9.47 Å². The molecule has 4 rings (SSSR count). The molecular formula is C16H9ClF2N2O2S2. The van der Waals surface area contributed by atoms with Crippen LogP contribution < -0.4 is 9.47 Å². The fraction of sp³-hybridized carbons (Fsp3) is 0.125. The van der Waals surface area contributed by atoms with Crippen molar-refractivity contribution in [1.82, 2.24) is 10.2 Å². The Morgan fingerprint density at radius 2 is 1.92 bits per heavy atom. The Hall–Kier alpha value is -1.90. The van der Waals surface area contributed by atoms with Gasteiger partial charge in [-0.1, -0.05) is 59.0 Å². The van der Waals surface area contributed by atoms with Crippen LogP contribution in [0.2, 0.25) is 5.02 Å². The van der Waals surface area contributed by atoms with E-state index in [0.29, 0.717) is 25.7 Å². The minimum atomic E-state index is -3.66. The van der Waals surface area contributed by atoms with Gasteiger partial charge in [-0.15, -0.1) is 19.0 Å². The number of hydrogen-bond acceptors (Lipinski definition) is 6. The maximum absolute atomic E-state index is 13.3. The van der Waals surface area contributed by atoms with Crippen LogP contribution in [-0.2, 0) is 5.75 Å². The third-order valence-corrected chi connectivity index (χ3v) is 5.88. The highest BCUT2D eigenvalue weighted by Crippen LogP contribution is 2.48. The molecule has 2 aromatic carbocycles. The van der Waals surface area contributed by atoms with Gasteiger partial charge in [-0.2, -0.15) is 0 Å². The van der Waals surface area contributed by atoms with Crippen molar-refractivity contribution in [3.63, 3.8) is 0 Å². The molecule has 128 valence electrons. The van der Waals surface area contributed by atoms with Gasteiger partial charge in [0.25, 0.3) is 0 Å². The summed E-state index contributed by atoms with van der Waals surface area (Å²) in [7, 11) is 0. The van der Waals surface area contributed by atoms with Gasteiger partial charge in [0.05, 0.1) is 5.56 Å². The van der Waals surface area contributed by atoms with Gasteiger partial charge in [-0.25, -0.2) is 0 Å². The molecule has 2 heterocycles. The predicted octanol–water partition coefficient (Wildman–Crippen LogP) is 5.47. The molecule has 3 aromatic rings. The lowest BCUT2D eigenvalue weighted by molar-refractivity contribution is -0.286. The van der Waals surface area contributed by atoms with Crippen molar-refractivity contribution in [3.8, 4) is 22.1 Å². The molecule has 0 fully saturated rings. The number of hydrogen-bond donors (Lipinski definition) is 0. The standard InChI is InChI=1S/C16H9ClF2N2O2S2/c17-11-6-2-1-4-9(11)8-24-15-21-20-14(25-15)10-5-3-7-12-13(10)23-16(18,19)22-12/h1-7H,8H2. The molecule has 1 aromatic heterocycles. The first-order valence-corrected chi connectivity index (χ1v) is 9.29. The highest BCUT2D eigenvalue weighted by molar-refractivity contribution is 8.00. The summed E-state index contributed by atoms with van der Waals surface area (Å²) in [6.07, 6.45) is -3.66. The van der Waals surface area contributed by atoms with Gasteiger partial charge in [0, 0.05) is 10.8 Å². The van der Waals surface area contributed by atoms with Crippen molar-refractivity contribution >= 4 is 34.7 Å². The fourth-order valence-electron chi connectivity index (χ4n) is 2.27. The third kappa shape index (κ3) is 3.42. The van der Waals surface area contributed by atoms with E-state index in [1.54, 1.807) is 12.1 Å². The number of benzene rings is 2. The van der Waals surface area contributed by atoms with Crippen LogP contribution in [0.1, 0.15) is 5.56 Å². The number of aromatic nitrogens is 2. The Morgan fingerprint density at radius 3 is 2.76 bits per heavy atom. The number of alkyl halides is 2. The Bertz CT molecular complexity index is 936. The van der Waals surface area contributed by atoms with E-state index in [2.05, 4.69) is 19.7 Å². The van der Waals surface area contributed by atoms with Gasteiger partial charge in [-0.3, -0.25) is 0 Å². The molecule has 0 amide bonds. The van der Waals surface area contributed by atoms with E-state index in [0.717, 1.165) is 5.56 Å². The third-order valence-electron chi connectivity index (χ3n) is 3.37. The highest BCUT2D eigenvalue weighted by atomic mass is 35.5. The lowest BCUT2D eigenvalue weighted by Gasteiger charge is -2.05. The summed E-state index contributed by atoms with van der Waals surface area (Å²) in [5, 5.41) is 9.36. The lowest BCUT2D eigenvalue weighted by Crippen LogP contribution is -2.26. The number of ether oxygens (including phenoxy) is 2. The Morgan fingerprint density at radius 1 is 1.08 bits per heavy atom. The van der Waals surface area contributed by atoms with Crippen molar-refractivity contribution in [2.45, 2.75) is 16.4 Å². The van der Waals surface area contributed by atoms with Gasteiger partial charge >= 0.3 is 6.29 Å². The van der Waals surface area contributed by atoms with Crippen molar-refractivity contribution in [2.75, 3.05) is 0 Å². The van der Waals surface area contributed by atoms with E-state index < -0.39 is 6.29 Å². The molecule has 4 nitrogen and oxygen atoms in total. The second kappa shape index (κ2) is 6.44. The Balaban J connectivity index is 1.55. The minimum Gasteiger partial charge on any atom is -0.395 e. The molecule has 9 heteroatoms. The zero-order chi connectivity index (χ0) is 17.4. The molecule has 0 radical (unpaired) electrons. The zero-order valence-electron chi connectivity index (χ0n) is 12.4. The smallest absolute Gasteiger partial charge is 0.395 e. The molecular weight excluding hydrogens is 390 g/mol. The number of rotatable bonds is 4. The average Bonchev–Trinajstić information content (AvgIpc) is 3.16. The SMILES string of the molecule is FC1(F)Oc2cccc(-c3nnc(SCc4ccccc4Cl)s3)c2O1. The molecule has 1 aliphatic rings. The number of halogens is 3. The maximum Gasteiger partial charge on any atom is 0.586 e. The van der Waals surface area contributed by atoms with Crippen molar-refractivity contribution < 1.29 is 18.3 Å². The predicted molar refractivity (Wildman–Crippen MR) is 92.6 cm³/mol. The number of para-hydroxylation sites is 1. The van der Waals surface area contributed by atoms with E-state index in [4.69, 9.17) is 11.6 Å². The van der Waals surface area contributed by atoms with Crippen molar-refractivity contribution in [1.29, 1.82) is 0 Å². The molecule has 0 unspecified atom stereocenters. The largest absolute Gasteiger partial charge is 0.586 e. The first kappa shape index (κ1) is 16.6. The van der Waals surface area contributed by atoms with Crippen LogP contribution in [0.25, 0.3) is 10.6 Å². The van der Waals surface area contributed by atoms with Crippen LogP contribution in [0.4, 0.5) is 8.78 Å². The first-order valence-electron chi connectivity index (χ1n) is 7.11. The second-order valence-corrected chi connectivity index (χ2v) is 7.66. The van der Waals surface area contributed by atoms with Crippen molar-refractivity contribution in [3.05, 3.63) is 53.1 Å². The lowest BCUT2D eigenvalue weighted by atomic mass is 10.2. The summed E-state index contributed by atoms with van der Waals surface area (Å²) < 4.78 is 36.3. The molecule has 0 saturated heterocycles. The monoisotopic (exact) mass is 398 g/mol. The summed E-state index contributed by atoms with van der Waals surface area (Å²) in [4.78, 5) is 0. The molecule has 0 bridgehead atoms. The van der Waals surface area contributed by atoms with E-state index in [1.165, 1.54) is 29.2 Å². The van der Waals surface area contributed by atoms with Crippen molar-refractivity contribution in [2.24, 2.45) is 0 Å². The van der Waals surface area contributed by atoms with E-state index in [9.17, 15) is 8.78 Å². The van der Waals surface area contributed by atoms with Gasteiger partial charge in [0.15, 0.2) is 20.8 Å². The second-order valence-electron chi connectivity index (χ2n) is 5.05. The Labute approximate surface area is 154 Å². The summed E-state index contributed by atoms with van der Waals surface area (Å²) in [5.74, 6) is 0.605. The molecule has 25 heavy (non-hydrogen) atoms. The summed E-state index contributed by atoms with van der Waals surface area (Å²) in [5.41, 5.74) is 1.42. The molecule has 0 saturated carbocycles. The van der Waals surface area contributed by atoms with Gasteiger partial charge in [0.1, 0.15) is 0 Å². The van der Waals surface area contributed by atoms with Crippen LogP contribution in [0.3, 0.4) is 0 Å². The van der Waals surface area contributed by atoms with Crippen LogP contribution in [0.5, 0.6) is 11.5 Å². The molecule has 0 N–H and O–H groups in total. The topological polar surface area (TPSA) is 44.2 Å². The van der Waals surface area contributed by atoms with Crippen LogP contribution >= 0.6 is 34.7 Å². The molecule has 0 aliphatic carbocycles. The minimum absolute atomic E-state index is 0.0111. The highest BCUT2D eigenvalue weighted by Gasteiger charge is 2.44. The molecule has 0 spiro atoms. The maximum atomic E-state index is 13.3. The quantitative estimate of drug-likeness (QED) is 0.545. The van der Waals surface area contributed by atoms with Crippen LogP contribution in [-0.4, -0.2) is 16.5 Å². The summed E-state index contributed by atoms with van der Waals surface area (Å²) in [6.45, 7) is 0. The summed E-state index contributed by atoms with van der Waals surface area (Å²) in [6, 6.07) is 12.2. The number of nitrogens with zero attached hydrogens (tertiary/aromatic N) is 2. The van der Waals surface area contributed by atoms with Crippen LogP contribution in [0, 0.1) is 0 Å². The average molecular weight is 399 g/mol. The van der Waals surface area contributed by atoms with Crippen LogP contribution in [0.15, 0.2) is 46.8 Å². The number of thioether (sulfide) groups is 1. The normalized spacial score (nSPS) is 14.7. The first-order chi connectivity index (χ1) is 12.0. The van der Waals surface area contributed by atoms with E-state index in [-0.39, 0.29) is 11.5 Å². The van der Waals surface area contributed by atoms with Gasteiger partial charge in [-0.05, 0) is 23.8 Å². The Kier molecular flexibility index (Phi) is 4.26. The van der Waals surface area contributed by atoms with E-state index in [1.807, 2.05) is 24.3 Å². The fourth-order valence-corrected chi connectivity index (χ4v) is 4.43. The zero-order valence-corrected chi connectivity index (χ0v) is 14.8. The number of fused-ring (bicyclic) bond motifs is 1. The molecule has 0 atom stereocenters.